The Morgan fingerprint density at radius 3 is 1.57 bits per heavy atom. The Morgan fingerprint density at radius 1 is 0.762 bits per heavy atom. The molecule has 0 saturated heterocycles. The first-order chi connectivity index (χ1) is 10.1. The number of rotatable bonds is 15. The predicted molar refractivity (Wildman–Crippen MR) is 90.6 cm³/mol. The highest BCUT2D eigenvalue weighted by Gasteiger charge is 2.25. The summed E-state index contributed by atoms with van der Waals surface area (Å²) in [6.07, 6.45) is 13.4. The maximum absolute atomic E-state index is 11.0. The topological polar surface area (TPSA) is 37.3 Å². The fraction of sp³-hybridized carbons (Fsp3) is 0.944. The van der Waals surface area contributed by atoms with E-state index in [-0.39, 0.29) is 6.54 Å². The second-order valence-corrected chi connectivity index (χ2v) is 6.43. The largest absolute Gasteiger partial charge is 0.477 e. The first-order valence-electron chi connectivity index (χ1n) is 9.17. The van der Waals surface area contributed by atoms with E-state index in [4.69, 9.17) is 5.11 Å². The summed E-state index contributed by atoms with van der Waals surface area (Å²) in [4.78, 5) is 11.0. The molecular formula is C18H38NO2+. The number of unbranched alkanes of at least 4 members (excludes halogenated alkanes) is 9. The third-order valence-electron chi connectivity index (χ3n) is 4.80. The van der Waals surface area contributed by atoms with E-state index in [0.29, 0.717) is 0 Å². The molecule has 0 aliphatic rings. The third-order valence-corrected chi connectivity index (χ3v) is 4.80. The van der Waals surface area contributed by atoms with Crippen molar-refractivity contribution in [2.45, 2.75) is 85.0 Å². The van der Waals surface area contributed by atoms with Crippen molar-refractivity contribution in [1.82, 2.24) is 0 Å². The molecule has 0 aromatic rings. The molecule has 0 amide bonds. The zero-order chi connectivity index (χ0) is 16.0. The van der Waals surface area contributed by atoms with Gasteiger partial charge < -0.3 is 9.59 Å². The molecule has 0 bridgehead atoms. The Labute approximate surface area is 132 Å². The summed E-state index contributed by atoms with van der Waals surface area (Å²) in [6, 6.07) is 0. The smallest absolute Gasteiger partial charge is 0.359 e. The van der Waals surface area contributed by atoms with Crippen LogP contribution < -0.4 is 0 Å². The summed E-state index contributed by atoms with van der Waals surface area (Å²) in [5, 5.41) is 9.06. The van der Waals surface area contributed by atoms with Gasteiger partial charge in [0.05, 0.1) is 19.6 Å². The lowest BCUT2D eigenvalue weighted by Gasteiger charge is -2.35. The highest BCUT2D eigenvalue weighted by molar-refractivity contribution is 5.67. The van der Waals surface area contributed by atoms with Gasteiger partial charge in [-0.25, -0.2) is 4.79 Å². The molecule has 0 aromatic heterocycles. The van der Waals surface area contributed by atoms with Gasteiger partial charge in [-0.3, -0.25) is 0 Å². The SMILES string of the molecule is CCCCCCCCCCCC[N+](CC)(CC)CC(=O)O. The molecule has 0 aliphatic heterocycles. The lowest BCUT2D eigenvalue weighted by atomic mass is 10.1. The van der Waals surface area contributed by atoms with Crippen molar-refractivity contribution in [3.05, 3.63) is 0 Å². The molecule has 0 fully saturated rings. The minimum atomic E-state index is -0.661. The summed E-state index contributed by atoms with van der Waals surface area (Å²) in [7, 11) is 0. The molecular weight excluding hydrogens is 262 g/mol. The summed E-state index contributed by atoms with van der Waals surface area (Å²) in [5.74, 6) is -0.661. The van der Waals surface area contributed by atoms with Crippen LogP contribution in [0.25, 0.3) is 0 Å². The number of carbonyl (C=O) groups is 1. The molecule has 0 atom stereocenters. The number of aliphatic carboxylic acids is 1. The van der Waals surface area contributed by atoms with Gasteiger partial charge in [-0.15, -0.1) is 0 Å². The van der Waals surface area contributed by atoms with Crippen LogP contribution in [0.4, 0.5) is 0 Å². The Hall–Kier alpha value is -0.570. The number of likely N-dealkylation sites (N-methyl/N-ethyl adjacent to an activating group) is 1. The van der Waals surface area contributed by atoms with Gasteiger partial charge in [0.2, 0.25) is 0 Å². The maximum Gasteiger partial charge on any atom is 0.359 e. The summed E-state index contributed by atoms with van der Waals surface area (Å²) in [5.41, 5.74) is 0. The molecule has 0 rings (SSSR count). The van der Waals surface area contributed by atoms with Gasteiger partial charge in [-0.2, -0.15) is 0 Å². The van der Waals surface area contributed by atoms with Crippen LogP contribution in [0.1, 0.15) is 85.0 Å². The van der Waals surface area contributed by atoms with E-state index < -0.39 is 5.97 Å². The van der Waals surface area contributed by atoms with Gasteiger partial charge in [-0.05, 0) is 26.7 Å². The number of carboxylic acid groups (broad SMARTS) is 1. The Balaban J connectivity index is 3.61. The fourth-order valence-corrected chi connectivity index (χ4v) is 3.06. The second kappa shape index (κ2) is 13.1. The molecule has 1 N–H and O–H groups in total. The van der Waals surface area contributed by atoms with Crippen LogP contribution in [0.15, 0.2) is 0 Å². The number of hydrogen-bond acceptors (Lipinski definition) is 1. The third kappa shape index (κ3) is 10.8. The van der Waals surface area contributed by atoms with E-state index >= 15 is 0 Å². The van der Waals surface area contributed by atoms with Gasteiger partial charge in [-0.1, -0.05) is 58.3 Å². The molecule has 21 heavy (non-hydrogen) atoms. The van der Waals surface area contributed by atoms with Gasteiger partial charge in [0.25, 0.3) is 0 Å². The highest BCUT2D eigenvalue weighted by atomic mass is 16.4. The van der Waals surface area contributed by atoms with Crippen molar-refractivity contribution in [2.24, 2.45) is 0 Å². The van der Waals surface area contributed by atoms with E-state index in [9.17, 15) is 4.79 Å². The monoisotopic (exact) mass is 300 g/mol. The van der Waals surface area contributed by atoms with Crippen molar-refractivity contribution >= 4 is 5.97 Å². The minimum absolute atomic E-state index is 0.282. The van der Waals surface area contributed by atoms with Crippen LogP contribution in [0.3, 0.4) is 0 Å². The normalized spacial score (nSPS) is 11.8. The summed E-state index contributed by atoms with van der Waals surface area (Å²) < 4.78 is 0.742. The molecule has 3 heteroatoms. The molecule has 126 valence electrons. The highest BCUT2D eigenvalue weighted by Crippen LogP contribution is 2.13. The predicted octanol–water partition coefficient (Wildman–Crippen LogP) is 4.85. The van der Waals surface area contributed by atoms with Gasteiger partial charge in [0.15, 0.2) is 6.54 Å². The summed E-state index contributed by atoms with van der Waals surface area (Å²) in [6.45, 7) is 9.65. The Bertz CT molecular complexity index is 250. The molecule has 0 radical (unpaired) electrons. The average Bonchev–Trinajstić information content (AvgIpc) is 2.47. The molecule has 0 unspecified atom stereocenters. The van der Waals surface area contributed by atoms with Crippen LogP contribution in [-0.2, 0) is 4.79 Å². The molecule has 3 nitrogen and oxygen atoms in total. The number of nitrogens with zero attached hydrogens (tertiary/aromatic N) is 1. The van der Waals surface area contributed by atoms with E-state index in [0.717, 1.165) is 24.1 Å². The van der Waals surface area contributed by atoms with Crippen molar-refractivity contribution in [3.63, 3.8) is 0 Å². The van der Waals surface area contributed by atoms with Gasteiger partial charge >= 0.3 is 5.97 Å². The standard InChI is InChI=1S/C18H37NO2/c1-4-7-8-9-10-11-12-13-14-15-16-19(5-2,6-3)17-18(20)21/h4-17H2,1-3H3/p+1. The van der Waals surface area contributed by atoms with Gasteiger partial charge in [0.1, 0.15) is 0 Å². The van der Waals surface area contributed by atoms with Crippen molar-refractivity contribution in [2.75, 3.05) is 26.2 Å². The second-order valence-electron chi connectivity index (χ2n) is 6.43. The van der Waals surface area contributed by atoms with E-state index in [2.05, 4.69) is 20.8 Å². The van der Waals surface area contributed by atoms with Gasteiger partial charge in [0, 0.05) is 0 Å². The molecule has 0 aromatic carbocycles. The molecule has 0 saturated carbocycles. The van der Waals surface area contributed by atoms with Crippen molar-refractivity contribution in [1.29, 1.82) is 0 Å². The lowest BCUT2D eigenvalue weighted by molar-refractivity contribution is -0.918. The zero-order valence-corrected chi connectivity index (χ0v) is 14.7. The minimum Gasteiger partial charge on any atom is -0.477 e. The van der Waals surface area contributed by atoms with E-state index in [1.165, 1.54) is 64.2 Å². The van der Waals surface area contributed by atoms with Crippen LogP contribution >= 0.6 is 0 Å². The van der Waals surface area contributed by atoms with Crippen LogP contribution in [0.2, 0.25) is 0 Å². The Kier molecular flexibility index (Phi) is 12.8. The van der Waals surface area contributed by atoms with Crippen molar-refractivity contribution < 1.29 is 14.4 Å². The van der Waals surface area contributed by atoms with Crippen molar-refractivity contribution in [3.8, 4) is 0 Å². The number of hydrogen-bond donors (Lipinski definition) is 1. The molecule has 0 heterocycles. The Morgan fingerprint density at radius 2 is 1.19 bits per heavy atom. The average molecular weight is 301 g/mol. The van der Waals surface area contributed by atoms with Crippen LogP contribution in [0, 0.1) is 0 Å². The number of carboxylic acids is 1. The van der Waals surface area contributed by atoms with Crippen LogP contribution in [0.5, 0.6) is 0 Å². The van der Waals surface area contributed by atoms with E-state index in [1.807, 2.05) is 0 Å². The fourth-order valence-electron chi connectivity index (χ4n) is 3.06. The van der Waals surface area contributed by atoms with Crippen LogP contribution in [-0.4, -0.2) is 41.7 Å². The molecule has 0 spiro atoms. The number of quaternary nitrogens is 1. The molecule has 0 aliphatic carbocycles. The lowest BCUT2D eigenvalue weighted by Crippen LogP contribution is -2.51. The maximum atomic E-state index is 11.0. The quantitative estimate of drug-likeness (QED) is 0.347. The first-order valence-corrected chi connectivity index (χ1v) is 9.17. The summed E-state index contributed by atoms with van der Waals surface area (Å²) >= 11 is 0. The van der Waals surface area contributed by atoms with E-state index in [1.54, 1.807) is 0 Å². The zero-order valence-electron chi connectivity index (χ0n) is 14.7. The first kappa shape index (κ1) is 20.4.